The summed E-state index contributed by atoms with van der Waals surface area (Å²) in [6.07, 6.45) is -2.95. The average Bonchev–Trinajstić information content (AvgIpc) is 1.98. The SMILES string of the molecule is C=C(C)CCC(N)COCC(F)(F)F. The number of hydrogen-bond acceptors (Lipinski definition) is 2. The van der Waals surface area contributed by atoms with Crippen LogP contribution in [-0.4, -0.2) is 25.4 Å². The lowest BCUT2D eigenvalue weighted by atomic mass is 10.1. The molecule has 1 unspecified atom stereocenters. The van der Waals surface area contributed by atoms with Crippen molar-refractivity contribution in [3.63, 3.8) is 0 Å². The second-order valence-corrected chi connectivity index (χ2v) is 3.39. The van der Waals surface area contributed by atoms with Crippen LogP contribution in [0.25, 0.3) is 0 Å². The van der Waals surface area contributed by atoms with Crippen LogP contribution in [0.5, 0.6) is 0 Å². The van der Waals surface area contributed by atoms with Crippen LogP contribution >= 0.6 is 0 Å². The lowest BCUT2D eigenvalue weighted by Gasteiger charge is -2.13. The van der Waals surface area contributed by atoms with E-state index >= 15 is 0 Å². The summed E-state index contributed by atoms with van der Waals surface area (Å²) in [5.74, 6) is 0. The fourth-order valence-electron chi connectivity index (χ4n) is 0.841. The summed E-state index contributed by atoms with van der Waals surface area (Å²) in [5, 5.41) is 0. The molecule has 0 rings (SSSR count). The molecule has 0 aliphatic heterocycles. The van der Waals surface area contributed by atoms with Gasteiger partial charge in [-0.3, -0.25) is 0 Å². The molecule has 0 saturated heterocycles. The molecule has 2 N–H and O–H groups in total. The van der Waals surface area contributed by atoms with Crippen molar-refractivity contribution in [2.24, 2.45) is 5.73 Å². The predicted octanol–water partition coefficient (Wildman–Crippen LogP) is 2.25. The van der Waals surface area contributed by atoms with Gasteiger partial charge in [0.25, 0.3) is 0 Å². The van der Waals surface area contributed by atoms with Gasteiger partial charge in [0.15, 0.2) is 0 Å². The minimum absolute atomic E-state index is 0.0627. The van der Waals surface area contributed by atoms with Gasteiger partial charge in [0.1, 0.15) is 6.61 Å². The zero-order valence-electron chi connectivity index (χ0n) is 8.23. The van der Waals surface area contributed by atoms with Crippen molar-refractivity contribution in [1.29, 1.82) is 0 Å². The summed E-state index contributed by atoms with van der Waals surface area (Å²) in [5.41, 5.74) is 6.49. The van der Waals surface area contributed by atoms with Crippen LogP contribution in [0.3, 0.4) is 0 Å². The number of alkyl halides is 3. The molecule has 0 aromatic rings. The van der Waals surface area contributed by atoms with Crippen molar-refractivity contribution in [1.82, 2.24) is 0 Å². The minimum atomic E-state index is -4.27. The molecule has 0 fully saturated rings. The molecule has 5 heteroatoms. The van der Waals surface area contributed by atoms with E-state index in [1.807, 2.05) is 6.92 Å². The Balaban J connectivity index is 3.45. The molecule has 0 aliphatic carbocycles. The fraction of sp³-hybridized carbons (Fsp3) is 0.778. The molecule has 0 aromatic heterocycles. The van der Waals surface area contributed by atoms with Crippen molar-refractivity contribution in [3.8, 4) is 0 Å². The molecule has 0 saturated carbocycles. The summed E-state index contributed by atoms with van der Waals surface area (Å²) in [4.78, 5) is 0. The second-order valence-electron chi connectivity index (χ2n) is 3.39. The number of halogens is 3. The van der Waals surface area contributed by atoms with Gasteiger partial charge in [0, 0.05) is 6.04 Å². The number of rotatable bonds is 6. The van der Waals surface area contributed by atoms with E-state index in [1.54, 1.807) is 0 Å². The topological polar surface area (TPSA) is 35.2 Å². The molecule has 0 spiro atoms. The number of allylic oxidation sites excluding steroid dienone is 1. The van der Waals surface area contributed by atoms with E-state index in [1.165, 1.54) is 0 Å². The van der Waals surface area contributed by atoms with E-state index < -0.39 is 12.8 Å². The second kappa shape index (κ2) is 6.03. The Kier molecular flexibility index (Phi) is 5.79. The summed E-state index contributed by atoms with van der Waals surface area (Å²) < 4.78 is 39.3. The molecule has 1 atom stereocenters. The minimum Gasteiger partial charge on any atom is -0.370 e. The maximum Gasteiger partial charge on any atom is 0.411 e. The Morgan fingerprint density at radius 1 is 1.50 bits per heavy atom. The number of hydrogen-bond donors (Lipinski definition) is 1. The highest BCUT2D eigenvalue weighted by atomic mass is 19.4. The highest BCUT2D eigenvalue weighted by Gasteiger charge is 2.27. The molecule has 0 heterocycles. The van der Waals surface area contributed by atoms with Gasteiger partial charge in [-0.05, 0) is 19.8 Å². The highest BCUT2D eigenvalue weighted by Crippen LogP contribution is 2.14. The van der Waals surface area contributed by atoms with Gasteiger partial charge in [0.2, 0.25) is 0 Å². The van der Waals surface area contributed by atoms with Gasteiger partial charge in [-0.15, -0.1) is 6.58 Å². The largest absolute Gasteiger partial charge is 0.411 e. The maximum atomic E-state index is 11.6. The zero-order valence-corrected chi connectivity index (χ0v) is 8.23. The summed E-state index contributed by atoms with van der Waals surface area (Å²) in [7, 11) is 0. The van der Waals surface area contributed by atoms with E-state index in [-0.39, 0.29) is 12.6 Å². The van der Waals surface area contributed by atoms with E-state index in [0.717, 1.165) is 12.0 Å². The molecule has 0 bridgehead atoms. The van der Waals surface area contributed by atoms with E-state index in [0.29, 0.717) is 6.42 Å². The van der Waals surface area contributed by atoms with Crippen LogP contribution < -0.4 is 5.73 Å². The van der Waals surface area contributed by atoms with Crippen LogP contribution in [0.2, 0.25) is 0 Å². The Labute approximate surface area is 81.9 Å². The van der Waals surface area contributed by atoms with E-state index in [4.69, 9.17) is 5.73 Å². The molecule has 84 valence electrons. The fourth-order valence-corrected chi connectivity index (χ4v) is 0.841. The first-order valence-corrected chi connectivity index (χ1v) is 4.35. The van der Waals surface area contributed by atoms with Crippen LogP contribution in [0.1, 0.15) is 19.8 Å². The summed E-state index contributed by atoms with van der Waals surface area (Å²) in [6.45, 7) is 4.23. The Morgan fingerprint density at radius 2 is 2.07 bits per heavy atom. The number of ether oxygens (including phenoxy) is 1. The predicted molar refractivity (Wildman–Crippen MR) is 48.9 cm³/mol. The average molecular weight is 211 g/mol. The van der Waals surface area contributed by atoms with Crippen LogP contribution in [-0.2, 0) is 4.74 Å². The van der Waals surface area contributed by atoms with E-state index in [9.17, 15) is 13.2 Å². The van der Waals surface area contributed by atoms with E-state index in [2.05, 4.69) is 11.3 Å². The molecular weight excluding hydrogens is 195 g/mol. The van der Waals surface area contributed by atoms with Crippen LogP contribution in [0.4, 0.5) is 13.2 Å². The summed E-state index contributed by atoms with van der Waals surface area (Å²) in [6, 6.07) is -0.353. The third kappa shape index (κ3) is 9.54. The molecule has 0 radical (unpaired) electrons. The first-order valence-electron chi connectivity index (χ1n) is 4.35. The van der Waals surface area contributed by atoms with Gasteiger partial charge >= 0.3 is 6.18 Å². The smallest absolute Gasteiger partial charge is 0.370 e. The quantitative estimate of drug-likeness (QED) is 0.684. The standard InChI is InChI=1S/C9H16F3NO/c1-7(2)3-4-8(13)5-14-6-9(10,11)12/h8H,1,3-6,13H2,2H3. The van der Waals surface area contributed by atoms with Gasteiger partial charge < -0.3 is 10.5 Å². The third-order valence-corrected chi connectivity index (χ3v) is 1.54. The molecule has 2 nitrogen and oxygen atoms in total. The number of nitrogens with two attached hydrogens (primary N) is 1. The molecular formula is C9H16F3NO. The van der Waals surface area contributed by atoms with Crippen LogP contribution in [0.15, 0.2) is 12.2 Å². The van der Waals surface area contributed by atoms with Gasteiger partial charge in [-0.2, -0.15) is 13.2 Å². The molecule has 14 heavy (non-hydrogen) atoms. The van der Waals surface area contributed by atoms with Crippen LogP contribution in [0, 0.1) is 0 Å². The summed E-state index contributed by atoms with van der Waals surface area (Å²) >= 11 is 0. The Hall–Kier alpha value is -0.550. The zero-order chi connectivity index (χ0) is 11.2. The molecule has 0 amide bonds. The van der Waals surface area contributed by atoms with Crippen molar-refractivity contribution in [2.75, 3.05) is 13.2 Å². The normalized spacial score (nSPS) is 14.1. The van der Waals surface area contributed by atoms with Crippen molar-refractivity contribution < 1.29 is 17.9 Å². The molecule has 0 aliphatic rings. The molecule has 0 aromatic carbocycles. The maximum absolute atomic E-state index is 11.6. The van der Waals surface area contributed by atoms with Crippen molar-refractivity contribution in [2.45, 2.75) is 32.0 Å². The lowest BCUT2D eigenvalue weighted by Crippen LogP contribution is -2.29. The highest BCUT2D eigenvalue weighted by molar-refractivity contribution is 4.88. The van der Waals surface area contributed by atoms with Gasteiger partial charge in [-0.25, -0.2) is 0 Å². The van der Waals surface area contributed by atoms with Crippen molar-refractivity contribution in [3.05, 3.63) is 12.2 Å². The first-order chi connectivity index (χ1) is 6.31. The van der Waals surface area contributed by atoms with Gasteiger partial charge in [-0.1, -0.05) is 5.57 Å². The Bertz CT molecular complexity index is 179. The lowest BCUT2D eigenvalue weighted by molar-refractivity contribution is -0.174. The van der Waals surface area contributed by atoms with Gasteiger partial charge in [0.05, 0.1) is 6.61 Å². The third-order valence-electron chi connectivity index (χ3n) is 1.54. The monoisotopic (exact) mass is 211 g/mol. The Morgan fingerprint density at radius 3 is 2.50 bits per heavy atom. The van der Waals surface area contributed by atoms with Crippen molar-refractivity contribution >= 4 is 0 Å². The first kappa shape index (κ1) is 13.4.